The summed E-state index contributed by atoms with van der Waals surface area (Å²) in [5.41, 5.74) is 1.63. The Balaban J connectivity index is 1.69. The lowest BCUT2D eigenvalue weighted by Crippen LogP contribution is -2.31. The van der Waals surface area contributed by atoms with Crippen molar-refractivity contribution in [2.24, 2.45) is 0 Å². The number of nitrogens with zero attached hydrogens (tertiary/aromatic N) is 1. The Labute approximate surface area is 165 Å². The van der Waals surface area contributed by atoms with Gasteiger partial charge in [-0.05, 0) is 42.3 Å². The third kappa shape index (κ3) is 4.26. The Morgan fingerprint density at radius 2 is 1.74 bits per heavy atom. The molecule has 0 saturated carbocycles. The predicted octanol–water partition coefficient (Wildman–Crippen LogP) is 3.44. The van der Waals surface area contributed by atoms with Crippen molar-refractivity contribution in [2.75, 3.05) is 20.3 Å². The van der Waals surface area contributed by atoms with Gasteiger partial charge in [0, 0.05) is 24.7 Å². The zero-order valence-corrected chi connectivity index (χ0v) is 16.3. The molecular formula is C20H18BrNO5. The second kappa shape index (κ2) is 8.45. The number of rotatable bonds is 7. The van der Waals surface area contributed by atoms with Crippen LogP contribution in [0.2, 0.25) is 0 Å². The van der Waals surface area contributed by atoms with E-state index in [9.17, 15) is 14.4 Å². The highest BCUT2D eigenvalue weighted by Gasteiger charge is 2.35. The summed E-state index contributed by atoms with van der Waals surface area (Å²) in [7, 11) is 1.56. The van der Waals surface area contributed by atoms with Crippen LogP contribution in [0.25, 0.3) is 0 Å². The first-order valence-corrected chi connectivity index (χ1v) is 9.21. The van der Waals surface area contributed by atoms with Gasteiger partial charge in [0.1, 0.15) is 6.61 Å². The van der Waals surface area contributed by atoms with Crippen LogP contribution in [0.5, 0.6) is 0 Å². The fraction of sp³-hybridized carbons (Fsp3) is 0.250. The minimum absolute atomic E-state index is 0.124. The van der Waals surface area contributed by atoms with E-state index in [0.29, 0.717) is 18.6 Å². The van der Waals surface area contributed by atoms with E-state index in [1.807, 2.05) is 24.3 Å². The van der Waals surface area contributed by atoms with E-state index in [-0.39, 0.29) is 30.2 Å². The van der Waals surface area contributed by atoms with E-state index in [1.165, 1.54) is 23.1 Å². The highest BCUT2D eigenvalue weighted by Crippen LogP contribution is 2.24. The fourth-order valence-corrected chi connectivity index (χ4v) is 3.06. The molecular weight excluding hydrogens is 414 g/mol. The van der Waals surface area contributed by atoms with E-state index in [1.54, 1.807) is 7.11 Å². The number of imide groups is 1. The second-order valence-corrected chi connectivity index (χ2v) is 6.99. The highest BCUT2D eigenvalue weighted by atomic mass is 79.9. The van der Waals surface area contributed by atoms with Crippen LogP contribution in [0.3, 0.4) is 0 Å². The van der Waals surface area contributed by atoms with Crippen LogP contribution in [0.4, 0.5) is 0 Å². The maximum absolute atomic E-state index is 12.5. The van der Waals surface area contributed by atoms with Gasteiger partial charge in [0.2, 0.25) is 0 Å². The minimum Gasteiger partial charge on any atom is -0.457 e. The number of hydrogen-bond donors (Lipinski definition) is 0. The summed E-state index contributed by atoms with van der Waals surface area (Å²) in [6.07, 6.45) is 0.560. The SMILES string of the molecule is COCCCN1C(=O)c2ccc(C(=O)OCc3ccc(Br)cc3)cc2C1=O. The summed E-state index contributed by atoms with van der Waals surface area (Å²) >= 11 is 3.35. The van der Waals surface area contributed by atoms with Crippen LogP contribution in [0.1, 0.15) is 43.1 Å². The zero-order valence-electron chi connectivity index (χ0n) is 14.7. The molecule has 1 aliphatic heterocycles. The third-order valence-corrected chi connectivity index (χ3v) is 4.75. The molecule has 0 aromatic heterocycles. The Morgan fingerprint density at radius 1 is 1.04 bits per heavy atom. The summed E-state index contributed by atoms with van der Waals surface area (Å²) in [6.45, 7) is 0.865. The average Bonchev–Trinajstić information content (AvgIpc) is 2.92. The quantitative estimate of drug-likeness (QED) is 0.381. The Morgan fingerprint density at radius 3 is 2.44 bits per heavy atom. The molecule has 0 saturated heterocycles. The molecule has 1 heterocycles. The van der Waals surface area contributed by atoms with E-state index >= 15 is 0 Å². The van der Waals surface area contributed by atoms with Gasteiger partial charge in [0.15, 0.2) is 0 Å². The largest absolute Gasteiger partial charge is 0.457 e. The predicted molar refractivity (Wildman–Crippen MR) is 102 cm³/mol. The number of benzene rings is 2. The lowest BCUT2D eigenvalue weighted by atomic mass is 10.1. The van der Waals surface area contributed by atoms with Gasteiger partial charge in [-0.15, -0.1) is 0 Å². The van der Waals surface area contributed by atoms with Gasteiger partial charge < -0.3 is 9.47 Å². The molecule has 3 rings (SSSR count). The van der Waals surface area contributed by atoms with E-state index in [0.717, 1.165) is 10.0 Å². The number of carbonyl (C=O) groups is 3. The first-order chi connectivity index (χ1) is 13.0. The molecule has 0 bridgehead atoms. The number of esters is 1. The van der Waals surface area contributed by atoms with Gasteiger partial charge in [0.25, 0.3) is 11.8 Å². The third-order valence-electron chi connectivity index (χ3n) is 4.22. The molecule has 0 N–H and O–H groups in total. The first kappa shape index (κ1) is 19.3. The van der Waals surface area contributed by atoms with Crippen molar-refractivity contribution in [1.82, 2.24) is 4.90 Å². The van der Waals surface area contributed by atoms with Gasteiger partial charge in [-0.1, -0.05) is 28.1 Å². The summed E-state index contributed by atoms with van der Waals surface area (Å²) in [5.74, 6) is -1.28. The second-order valence-electron chi connectivity index (χ2n) is 6.07. The van der Waals surface area contributed by atoms with Crippen molar-refractivity contribution in [3.8, 4) is 0 Å². The van der Waals surface area contributed by atoms with Crippen LogP contribution < -0.4 is 0 Å². The topological polar surface area (TPSA) is 72.9 Å². The molecule has 0 spiro atoms. The number of amides is 2. The first-order valence-electron chi connectivity index (χ1n) is 8.42. The zero-order chi connectivity index (χ0) is 19.4. The van der Waals surface area contributed by atoms with Crippen LogP contribution in [0.15, 0.2) is 46.9 Å². The van der Waals surface area contributed by atoms with Crippen molar-refractivity contribution >= 4 is 33.7 Å². The average molecular weight is 432 g/mol. The molecule has 0 unspecified atom stereocenters. The van der Waals surface area contributed by atoms with Gasteiger partial charge in [-0.25, -0.2) is 4.79 Å². The standard InChI is InChI=1S/C20H18BrNO5/c1-26-10-2-9-22-18(23)16-8-5-14(11-17(16)19(22)24)20(25)27-12-13-3-6-15(21)7-4-13/h3-8,11H,2,9-10,12H2,1H3. The fourth-order valence-electron chi connectivity index (χ4n) is 2.80. The van der Waals surface area contributed by atoms with Gasteiger partial charge >= 0.3 is 5.97 Å². The van der Waals surface area contributed by atoms with Crippen molar-refractivity contribution < 1.29 is 23.9 Å². The maximum Gasteiger partial charge on any atom is 0.338 e. The van der Waals surface area contributed by atoms with Crippen LogP contribution in [-0.4, -0.2) is 42.9 Å². The molecule has 140 valence electrons. The molecule has 1 aliphatic rings. The molecule has 0 aliphatic carbocycles. The summed E-state index contributed by atoms with van der Waals surface area (Å²) in [4.78, 5) is 38.3. The van der Waals surface area contributed by atoms with Crippen molar-refractivity contribution in [3.63, 3.8) is 0 Å². The summed E-state index contributed by atoms with van der Waals surface area (Å²) in [6, 6.07) is 11.9. The number of carbonyl (C=O) groups excluding carboxylic acids is 3. The van der Waals surface area contributed by atoms with Gasteiger partial charge in [-0.2, -0.15) is 0 Å². The van der Waals surface area contributed by atoms with E-state index in [2.05, 4.69) is 15.9 Å². The molecule has 2 amide bonds. The minimum atomic E-state index is -0.543. The molecule has 0 radical (unpaired) electrons. The molecule has 2 aromatic rings. The molecule has 2 aromatic carbocycles. The Hall–Kier alpha value is -2.51. The number of halogens is 1. The van der Waals surface area contributed by atoms with Crippen molar-refractivity contribution in [1.29, 1.82) is 0 Å². The van der Waals surface area contributed by atoms with Crippen LogP contribution in [0, 0.1) is 0 Å². The van der Waals surface area contributed by atoms with Gasteiger partial charge in [0.05, 0.1) is 16.7 Å². The number of fused-ring (bicyclic) bond motifs is 1. The van der Waals surface area contributed by atoms with E-state index in [4.69, 9.17) is 9.47 Å². The molecule has 0 atom stereocenters. The number of hydrogen-bond acceptors (Lipinski definition) is 5. The Bertz CT molecular complexity index is 878. The number of ether oxygens (including phenoxy) is 2. The summed E-state index contributed by atoms with van der Waals surface area (Å²) < 4.78 is 11.2. The van der Waals surface area contributed by atoms with Crippen LogP contribution >= 0.6 is 15.9 Å². The summed E-state index contributed by atoms with van der Waals surface area (Å²) in [5, 5.41) is 0. The normalized spacial score (nSPS) is 13.0. The smallest absolute Gasteiger partial charge is 0.338 e. The lowest BCUT2D eigenvalue weighted by Gasteiger charge is -2.12. The molecule has 6 nitrogen and oxygen atoms in total. The Kier molecular flexibility index (Phi) is 6.03. The van der Waals surface area contributed by atoms with Crippen LogP contribution in [-0.2, 0) is 16.1 Å². The van der Waals surface area contributed by atoms with Crippen molar-refractivity contribution in [3.05, 3.63) is 69.2 Å². The van der Waals surface area contributed by atoms with E-state index < -0.39 is 11.9 Å². The highest BCUT2D eigenvalue weighted by molar-refractivity contribution is 9.10. The molecule has 0 fully saturated rings. The lowest BCUT2D eigenvalue weighted by molar-refractivity contribution is 0.0472. The number of methoxy groups -OCH3 is 1. The molecule has 7 heteroatoms. The van der Waals surface area contributed by atoms with Crippen molar-refractivity contribution in [2.45, 2.75) is 13.0 Å². The monoisotopic (exact) mass is 431 g/mol. The molecule has 27 heavy (non-hydrogen) atoms. The van der Waals surface area contributed by atoms with Gasteiger partial charge in [-0.3, -0.25) is 14.5 Å². The maximum atomic E-state index is 12.5.